The zero-order chi connectivity index (χ0) is 13.7. The molecule has 0 aromatic carbocycles. The first kappa shape index (κ1) is 14.1. The highest BCUT2D eigenvalue weighted by Crippen LogP contribution is 2.25. The van der Waals surface area contributed by atoms with Crippen LogP contribution in [0.15, 0.2) is 6.07 Å². The van der Waals surface area contributed by atoms with Crippen LogP contribution in [0, 0.1) is 12.8 Å². The van der Waals surface area contributed by atoms with Gasteiger partial charge in [-0.1, -0.05) is 6.92 Å². The summed E-state index contributed by atoms with van der Waals surface area (Å²) in [6.07, 6.45) is 3.87. The average molecular weight is 264 g/mol. The van der Waals surface area contributed by atoms with Crippen LogP contribution in [0.25, 0.3) is 0 Å². The van der Waals surface area contributed by atoms with Crippen molar-refractivity contribution in [2.75, 3.05) is 23.7 Å². The Balaban J connectivity index is 1.90. The fourth-order valence-corrected chi connectivity index (χ4v) is 2.46. The lowest BCUT2D eigenvalue weighted by Gasteiger charge is -2.13. The number of anilines is 2. The van der Waals surface area contributed by atoms with Gasteiger partial charge in [-0.25, -0.2) is 4.98 Å². The van der Waals surface area contributed by atoms with E-state index in [1.165, 1.54) is 0 Å². The average Bonchev–Trinajstić information content (AvgIpc) is 2.79. The van der Waals surface area contributed by atoms with E-state index < -0.39 is 0 Å². The van der Waals surface area contributed by atoms with Gasteiger partial charge < -0.3 is 15.7 Å². The quantitative estimate of drug-likeness (QED) is 0.734. The van der Waals surface area contributed by atoms with Gasteiger partial charge in [0.25, 0.3) is 0 Å². The zero-order valence-electron chi connectivity index (χ0n) is 11.8. The molecule has 1 aliphatic carbocycles. The maximum atomic E-state index is 9.52. The van der Waals surface area contributed by atoms with Crippen LogP contribution in [0.1, 0.15) is 38.3 Å². The van der Waals surface area contributed by atoms with Crippen LogP contribution in [-0.2, 0) is 0 Å². The second kappa shape index (κ2) is 6.70. The number of nitrogens with one attached hydrogen (secondary N) is 2. The van der Waals surface area contributed by atoms with E-state index in [-0.39, 0.29) is 6.10 Å². The third-order valence-corrected chi connectivity index (χ3v) is 3.47. The first-order valence-corrected chi connectivity index (χ1v) is 7.19. The van der Waals surface area contributed by atoms with Gasteiger partial charge >= 0.3 is 0 Å². The fourth-order valence-electron chi connectivity index (χ4n) is 2.46. The van der Waals surface area contributed by atoms with Crippen molar-refractivity contribution >= 4 is 11.8 Å². The zero-order valence-corrected chi connectivity index (χ0v) is 11.8. The number of aliphatic hydroxyl groups excluding tert-OH is 1. The number of aromatic nitrogens is 2. The van der Waals surface area contributed by atoms with Gasteiger partial charge in [0, 0.05) is 24.8 Å². The van der Waals surface area contributed by atoms with E-state index in [0.717, 1.165) is 50.3 Å². The van der Waals surface area contributed by atoms with Crippen molar-refractivity contribution in [3.8, 4) is 0 Å². The lowest BCUT2D eigenvalue weighted by atomic mass is 10.1. The van der Waals surface area contributed by atoms with Crippen LogP contribution in [-0.4, -0.2) is 34.3 Å². The number of aliphatic hydroxyl groups is 1. The molecule has 1 aromatic heterocycles. The predicted molar refractivity (Wildman–Crippen MR) is 77.4 cm³/mol. The highest BCUT2D eigenvalue weighted by molar-refractivity contribution is 5.42. The molecule has 5 heteroatoms. The molecule has 2 rings (SSSR count). The summed E-state index contributed by atoms with van der Waals surface area (Å²) in [5.41, 5.74) is 0.961. The van der Waals surface area contributed by atoms with Crippen molar-refractivity contribution in [1.29, 1.82) is 0 Å². The highest BCUT2D eigenvalue weighted by atomic mass is 16.3. The van der Waals surface area contributed by atoms with Crippen LogP contribution in [0.2, 0.25) is 0 Å². The first-order chi connectivity index (χ1) is 9.17. The van der Waals surface area contributed by atoms with Crippen LogP contribution in [0.3, 0.4) is 0 Å². The van der Waals surface area contributed by atoms with Gasteiger partial charge in [0.05, 0.1) is 6.10 Å². The summed E-state index contributed by atoms with van der Waals surface area (Å²) in [5, 5.41) is 16.1. The van der Waals surface area contributed by atoms with Gasteiger partial charge in [-0.05, 0) is 38.5 Å². The number of hydrogen-bond donors (Lipinski definition) is 3. The number of hydrogen-bond acceptors (Lipinski definition) is 5. The van der Waals surface area contributed by atoms with E-state index in [9.17, 15) is 5.11 Å². The molecule has 0 spiro atoms. The van der Waals surface area contributed by atoms with Crippen molar-refractivity contribution in [1.82, 2.24) is 9.97 Å². The van der Waals surface area contributed by atoms with Gasteiger partial charge in [-0.15, -0.1) is 0 Å². The smallest absolute Gasteiger partial charge is 0.224 e. The van der Waals surface area contributed by atoms with Crippen molar-refractivity contribution in [2.24, 2.45) is 5.92 Å². The second-order valence-electron chi connectivity index (χ2n) is 5.36. The maximum Gasteiger partial charge on any atom is 0.224 e. The minimum Gasteiger partial charge on any atom is -0.393 e. The number of nitrogens with zero attached hydrogens (tertiary/aromatic N) is 2. The molecule has 1 aliphatic rings. The molecule has 2 atom stereocenters. The third-order valence-electron chi connectivity index (χ3n) is 3.47. The molecule has 1 aromatic rings. The van der Waals surface area contributed by atoms with Crippen molar-refractivity contribution in [3.05, 3.63) is 11.8 Å². The highest BCUT2D eigenvalue weighted by Gasteiger charge is 2.22. The molecule has 106 valence electrons. The summed E-state index contributed by atoms with van der Waals surface area (Å²) >= 11 is 0. The van der Waals surface area contributed by atoms with Crippen molar-refractivity contribution < 1.29 is 5.11 Å². The van der Waals surface area contributed by atoms with E-state index in [0.29, 0.717) is 11.9 Å². The molecule has 19 heavy (non-hydrogen) atoms. The fraction of sp³-hybridized carbons (Fsp3) is 0.714. The first-order valence-electron chi connectivity index (χ1n) is 7.19. The third kappa shape index (κ3) is 4.35. The Morgan fingerprint density at radius 3 is 2.84 bits per heavy atom. The Labute approximate surface area is 114 Å². The summed E-state index contributed by atoms with van der Waals surface area (Å²) in [5.74, 6) is 2.11. The molecule has 1 saturated carbocycles. The summed E-state index contributed by atoms with van der Waals surface area (Å²) in [4.78, 5) is 8.82. The van der Waals surface area contributed by atoms with Gasteiger partial charge in [0.1, 0.15) is 5.82 Å². The molecule has 0 aliphatic heterocycles. The Morgan fingerprint density at radius 1 is 1.32 bits per heavy atom. The van der Waals surface area contributed by atoms with E-state index in [4.69, 9.17) is 0 Å². The monoisotopic (exact) mass is 264 g/mol. The van der Waals surface area contributed by atoms with Crippen molar-refractivity contribution in [2.45, 2.75) is 45.6 Å². The van der Waals surface area contributed by atoms with Gasteiger partial charge in [0.2, 0.25) is 5.95 Å². The number of aryl methyl sites for hydroxylation is 1. The summed E-state index contributed by atoms with van der Waals surface area (Å²) in [7, 11) is 0. The van der Waals surface area contributed by atoms with E-state index >= 15 is 0 Å². The summed E-state index contributed by atoms with van der Waals surface area (Å²) < 4.78 is 0. The lowest BCUT2D eigenvalue weighted by Crippen LogP contribution is -2.14. The van der Waals surface area contributed by atoms with Crippen LogP contribution in [0.4, 0.5) is 11.8 Å². The molecule has 0 radical (unpaired) electrons. The minimum atomic E-state index is -0.110. The lowest BCUT2D eigenvalue weighted by molar-refractivity contribution is 0.178. The molecule has 5 nitrogen and oxygen atoms in total. The second-order valence-corrected chi connectivity index (χ2v) is 5.36. The molecule has 1 heterocycles. The summed E-state index contributed by atoms with van der Waals surface area (Å²) in [6.45, 7) is 5.86. The van der Waals surface area contributed by atoms with Gasteiger partial charge in [0.15, 0.2) is 0 Å². The van der Waals surface area contributed by atoms with Crippen LogP contribution in [0.5, 0.6) is 0 Å². The predicted octanol–water partition coefficient (Wildman–Crippen LogP) is 2.18. The molecule has 0 bridgehead atoms. The number of rotatable bonds is 6. The molecule has 0 amide bonds. The normalized spacial score (nSPS) is 22.5. The maximum absolute atomic E-state index is 9.52. The Hall–Kier alpha value is -1.36. The minimum absolute atomic E-state index is 0.110. The van der Waals surface area contributed by atoms with Crippen molar-refractivity contribution in [3.63, 3.8) is 0 Å². The molecule has 2 unspecified atom stereocenters. The van der Waals surface area contributed by atoms with Gasteiger partial charge in [-0.3, -0.25) is 0 Å². The Kier molecular flexibility index (Phi) is 4.96. The van der Waals surface area contributed by atoms with Crippen LogP contribution >= 0.6 is 0 Å². The Bertz CT molecular complexity index is 410. The molecular weight excluding hydrogens is 240 g/mol. The SMILES string of the molecule is CCCNc1nc(C)cc(NCC2CCC(O)C2)n1. The summed E-state index contributed by atoms with van der Waals surface area (Å²) in [6, 6.07) is 1.96. The van der Waals surface area contributed by atoms with E-state index in [2.05, 4.69) is 27.5 Å². The largest absolute Gasteiger partial charge is 0.393 e. The standard InChI is InChI=1S/C14H24N4O/c1-3-6-15-14-17-10(2)7-13(18-14)16-9-11-4-5-12(19)8-11/h7,11-12,19H,3-6,8-9H2,1-2H3,(H2,15,16,17,18). The van der Waals surface area contributed by atoms with Gasteiger partial charge in [-0.2, -0.15) is 4.98 Å². The molecule has 3 N–H and O–H groups in total. The van der Waals surface area contributed by atoms with Crippen LogP contribution < -0.4 is 10.6 Å². The van der Waals surface area contributed by atoms with E-state index in [1.807, 2.05) is 13.0 Å². The topological polar surface area (TPSA) is 70.1 Å². The van der Waals surface area contributed by atoms with E-state index in [1.54, 1.807) is 0 Å². The molecule has 0 saturated heterocycles. The molecule has 1 fully saturated rings. The molecular formula is C14H24N4O. The Morgan fingerprint density at radius 2 is 2.16 bits per heavy atom.